The van der Waals surface area contributed by atoms with E-state index in [9.17, 15) is 14.7 Å². The third kappa shape index (κ3) is 2.88. The Hall–Kier alpha value is -1.30. The van der Waals surface area contributed by atoms with E-state index in [2.05, 4.69) is 9.97 Å². The van der Waals surface area contributed by atoms with Crippen molar-refractivity contribution in [1.82, 2.24) is 9.97 Å². The Morgan fingerprint density at radius 1 is 1.71 bits per heavy atom. The number of nitrogens with zero attached hydrogens (tertiary/aromatic N) is 1. The molecular weight excluding hydrogens is 204 g/mol. The van der Waals surface area contributed by atoms with Gasteiger partial charge in [-0.15, -0.1) is 0 Å². The van der Waals surface area contributed by atoms with Gasteiger partial charge in [-0.05, 0) is 13.8 Å². The number of aryl methyl sites for hydroxylation is 1. The number of carbonyl (C=O) groups is 1. The van der Waals surface area contributed by atoms with Gasteiger partial charge in [-0.1, -0.05) is 11.8 Å². The van der Waals surface area contributed by atoms with E-state index in [0.29, 0.717) is 10.9 Å². The summed E-state index contributed by atoms with van der Waals surface area (Å²) < 4.78 is 0. The Labute approximate surface area is 84.6 Å². The van der Waals surface area contributed by atoms with E-state index in [0.717, 1.165) is 11.8 Å². The van der Waals surface area contributed by atoms with Crippen molar-refractivity contribution >= 4 is 17.7 Å². The van der Waals surface area contributed by atoms with Crippen molar-refractivity contribution in [3.8, 4) is 0 Å². The molecule has 1 rings (SSSR count). The molecule has 0 radical (unpaired) electrons. The molecule has 5 nitrogen and oxygen atoms in total. The van der Waals surface area contributed by atoms with Crippen LogP contribution in [0.4, 0.5) is 0 Å². The molecule has 0 aliphatic heterocycles. The van der Waals surface area contributed by atoms with Crippen LogP contribution in [0.2, 0.25) is 0 Å². The Balaban J connectivity index is 2.87. The average molecular weight is 213 g/mol. The van der Waals surface area contributed by atoms with Crippen LogP contribution in [0.3, 0.4) is 0 Å². The second-order valence-electron chi connectivity index (χ2n) is 2.77. The van der Waals surface area contributed by atoms with E-state index in [1.807, 2.05) is 0 Å². The molecule has 0 aromatic carbocycles. The summed E-state index contributed by atoms with van der Waals surface area (Å²) in [5.74, 6) is -1.18. The van der Waals surface area contributed by atoms with Crippen LogP contribution in [0.5, 0.6) is 0 Å². The van der Waals surface area contributed by atoms with Crippen molar-refractivity contribution in [1.29, 1.82) is 0 Å². The van der Waals surface area contributed by atoms with Gasteiger partial charge in [0.15, 0.2) is 5.16 Å². The van der Waals surface area contributed by atoms with E-state index < -0.39 is 11.2 Å². The number of H-pyrrole nitrogens is 1. The van der Waals surface area contributed by atoms with Crippen molar-refractivity contribution in [3.63, 3.8) is 0 Å². The first kappa shape index (κ1) is 10.8. The van der Waals surface area contributed by atoms with Gasteiger partial charge in [-0.3, -0.25) is 4.79 Å². The topological polar surface area (TPSA) is 85.9 Å². The molecule has 1 atom stereocenters. The fourth-order valence-corrected chi connectivity index (χ4v) is 1.61. The van der Waals surface area contributed by atoms with Crippen LogP contribution < -0.4 is 10.7 Å². The second kappa shape index (κ2) is 4.28. The zero-order chi connectivity index (χ0) is 10.7. The van der Waals surface area contributed by atoms with Crippen molar-refractivity contribution in [3.05, 3.63) is 22.1 Å². The van der Waals surface area contributed by atoms with E-state index >= 15 is 0 Å². The minimum atomic E-state index is -1.18. The van der Waals surface area contributed by atoms with Crippen LogP contribution in [0.25, 0.3) is 0 Å². The van der Waals surface area contributed by atoms with Gasteiger partial charge in [-0.25, -0.2) is 4.98 Å². The van der Waals surface area contributed by atoms with Gasteiger partial charge in [0.25, 0.3) is 5.56 Å². The number of thioether (sulfide) groups is 1. The number of carboxylic acids is 1. The fourth-order valence-electron chi connectivity index (χ4n) is 0.823. The lowest BCUT2D eigenvalue weighted by molar-refractivity contribution is -0.304. The first-order valence-corrected chi connectivity index (χ1v) is 4.82. The molecule has 1 heterocycles. The van der Waals surface area contributed by atoms with Crippen molar-refractivity contribution in [2.24, 2.45) is 0 Å². The molecule has 1 aromatic heterocycles. The number of hydrogen-bond acceptors (Lipinski definition) is 5. The molecule has 1 aromatic rings. The molecule has 0 fully saturated rings. The molecule has 1 N–H and O–H groups in total. The largest absolute Gasteiger partial charge is 0.549 e. The summed E-state index contributed by atoms with van der Waals surface area (Å²) in [4.78, 5) is 27.8. The average Bonchev–Trinajstić information content (AvgIpc) is 2.01. The Kier molecular flexibility index (Phi) is 3.29. The number of aromatic amines is 1. The zero-order valence-corrected chi connectivity index (χ0v) is 8.55. The van der Waals surface area contributed by atoms with E-state index in [-0.39, 0.29) is 5.56 Å². The molecule has 0 bridgehead atoms. The first-order valence-electron chi connectivity index (χ1n) is 3.94. The fraction of sp³-hybridized carbons (Fsp3) is 0.375. The molecule has 0 amide bonds. The Morgan fingerprint density at radius 2 is 2.36 bits per heavy atom. The second-order valence-corrected chi connectivity index (χ2v) is 4.10. The SMILES string of the molecule is Cc1cc(=O)[nH]c(S[C@@H](C)C(=O)[O-])n1. The van der Waals surface area contributed by atoms with Crippen molar-refractivity contribution in [2.45, 2.75) is 24.3 Å². The molecule has 0 saturated carbocycles. The Bertz CT molecular complexity index is 402. The van der Waals surface area contributed by atoms with Crippen LogP contribution in [-0.4, -0.2) is 21.2 Å². The van der Waals surface area contributed by atoms with Crippen LogP contribution in [0.15, 0.2) is 16.0 Å². The maximum Gasteiger partial charge on any atom is 0.251 e. The summed E-state index contributed by atoms with van der Waals surface area (Å²) in [6, 6.07) is 1.34. The molecule has 0 spiro atoms. The van der Waals surface area contributed by atoms with Gasteiger partial charge in [0.05, 0.1) is 5.97 Å². The minimum absolute atomic E-state index is 0.287. The van der Waals surface area contributed by atoms with E-state index in [1.165, 1.54) is 13.0 Å². The predicted molar refractivity (Wildman–Crippen MR) is 49.9 cm³/mol. The monoisotopic (exact) mass is 213 g/mol. The number of carboxylic acid groups (broad SMARTS) is 1. The quantitative estimate of drug-likeness (QED) is 0.530. The van der Waals surface area contributed by atoms with E-state index in [4.69, 9.17) is 0 Å². The lowest BCUT2D eigenvalue weighted by Gasteiger charge is -2.10. The first-order chi connectivity index (χ1) is 6.49. The number of rotatable bonds is 3. The van der Waals surface area contributed by atoms with Crippen LogP contribution in [0, 0.1) is 6.92 Å². The number of nitrogens with one attached hydrogen (secondary N) is 1. The summed E-state index contributed by atoms with van der Waals surface area (Å²) in [7, 11) is 0. The van der Waals surface area contributed by atoms with Crippen LogP contribution in [0.1, 0.15) is 12.6 Å². The summed E-state index contributed by atoms with van der Waals surface area (Å²) in [6.45, 7) is 3.14. The molecule has 76 valence electrons. The molecular formula is C8H9N2O3S-. The van der Waals surface area contributed by atoms with Crippen LogP contribution >= 0.6 is 11.8 Å². The van der Waals surface area contributed by atoms with Crippen LogP contribution in [-0.2, 0) is 4.79 Å². The summed E-state index contributed by atoms with van der Waals surface area (Å²) in [5.41, 5.74) is 0.271. The Morgan fingerprint density at radius 3 is 2.86 bits per heavy atom. The number of hydrogen-bond donors (Lipinski definition) is 1. The maximum absolute atomic E-state index is 11.0. The number of aliphatic carboxylic acids is 1. The van der Waals surface area contributed by atoms with Crippen molar-refractivity contribution in [2.75, 3.05) is 0 Å². The lowest BCUT2D eigenvalue weighted by Crippen LogP contribution is -2.31. The normalized spacial score (nSPS) is 12.4. The van der Waals surface area contributed by atoms with Crippen molar-refractivity contribution < 1.29 is 9.90 Å². The molecule has 0 saturated heterocycles. The third-order valence-corrected chi connectivity index (χ3v) is 2.43. The standard InChI is InChI=1S/C8H10N2O3S/c1-4-3-6(11)10-8(9-4)14-5(2)7(12)13/h3,5H,1-2H3,(H,12,13)(H,9,10,11)/p-1/t5-/m0/s1. The number of aromatic nitrogens is 2. The van der Waals surface area contributed by atoms with Gasteiger partial charge in [-0.2, -0.15) is 0 Å². The maximum atomic E-state index is 11.0. The number of carbonyl (C=O) groups excluding carboxylic acids is 1. The minimum Gasteiger partial charge on any atom is -0.549 e. The lowest BCUT2D eigenvalue weighted by atomic mass is 10.5. The van der Waals surface area contributed by atoms with Gasteiger partial charge < -0.3 is 14.9 Å². The highest BCUT2D eigenvalue weighted by molar-refractivity contribution is 8.00. The smallest absolute Gasteiger partial charge is 0.251 e. The zero-order valence-electron chi connectivity index (χ0n) is 7.73. The summed E-state index contributed by atoms with van der Waals surface area (Å²) in [6.07, 6.45) is 0. The van der Waals surface area contributed by atoms with Gasteiger partial charge in [0.1, 0.15) is 0 Å². The summed E-state index contributed by atoms with van der Waals surface area (Å²) >= 11 is 0.951. The van der Waals surface area contributed by atoms with Gasteiger partial charge in [0, 0.05) is 17.0 Å². The van der Waals surface area contributed by atoms with Gasteiger partial charge >= 0.3 is 0 Å². The van der Waals surface area contributed by atoms with Gasteiger partial charge in [0.2, 0.25) is 0 Å². The molecule has 0 aliphatic rings. The molecule has 14 heavy (non-hydrogen) atoms. The third-order valence-electron chi connectivity index (χ3n) is 1.47. The summed E-state index contributed by atoms with van der Waals surface area (Å²) in [5, 5.41) is 9.98. The molecule has 6 heteroatoms. The highest BCUT2D eigenvalue weighted by atomic mass is 32.2. The predicted octanol–water partition coefficient (Wildman–Crippen LogP) is -0.691. The molecule has 0 aliphatic carbocycles. The highest BCUT2D eigenvalue weighted by Gasteiger charge is 2.07. The molecule has 0 unspecified atom stereocenters. The highest BCUT2D eigenvalue weighted by Crippen LogP contribution is 2.17. The van der Waals surface area contributed by atoms with E-state index in [1.54, 1.807) is 6.92 Å².